The number of hydrogen-bond donors (Lipinski definition) is 0. The highest BCUT2D eigenvalue weighted by molar-refractivity contribution is 8.08. The molecule has 88 valence electrons. The molecule has 0 aliphatic rings. The van der Waals surface area contributed by atoms with E-state index >= 15 is 0 Å². The van der Waals surface area contributed by atoms with Crippen LogP contribution in [0.15, 0.2) is 17.0 Å². The third kappa shape index (κ3) is 2.54. The Morgan fingerprint density at radius 2 is 2.00 bits per heavy atom. The summed E-state index contributed by atoms with van der Waals surface area (Å²) in [5, 5.41) is 0. The third-order valence-corrected chi connectivity index (χ3v) is 3.19. The summed E-state index contributed by atoms with van der Waals surface area (Å²) >= 11 is 0. The molecule has 0 aliphatic carbocycles. The smallest absolute Gasteiger partial charge is 0.339 e. The fourth-order valence-corrected chi connectivity index (χ4v) is 2.41. The molecule has 0 amide bonds. The highest BCUT2D eigenvalue weighted by atomic mass is 35.7. The molecule has 0 N–H and O–H groups in total. The van der Waals surface area contributed by atoms with E-state index in [9.17, 15) is 9.00 Å². The number of aryl methyl sites for hydroxylation is 1. The lowest BCUT2D eigenvalue weighted by atomic mass is 10.1. The van der Waals surface area contributed by atoms with Gasteiger partial charge in [-0.3, -0.25) is 0 Å². The van der Waals surface area contributed by atoms with Gasteiger partial charge in [0.05, 0.1) is 19.8 Å². The minimum absolute atomic E-state index is 0.140. The van der Waals surface area contributed by atoms with E-state index in [1.807, 2.05) is 0 Å². The molecule has 16 heavy (non-hydrogen) atoms. The van der Waals surface area contributed by atoms with Crippen molar-refractivity contribution < 1.29 is 18.5 Å². The van der Waals surface area contributed by atoms with Crippen LogP contribution in [0.4, 0.5) is 0 Å². The third-order valence-electron chi connectivity index (χ3n) is 1.98. The van der Waals surface area contributed by atoms with Crippen molar-refractivity contribution in [2.24, 2.45) is 0 Å². The van der Waals surface area contributed by atoms with Crippen LogP contribution in [-0.2, 0) is 14.7 Å². The molecule has 4 nitrogen and oxygen atoms in total. The fourth-order valence-electron chi connectivity index (χ4n) is 1.32. The summed E-state index contributed by atoms with van der Waals surface area (Å²) in [6.45, 7) is 1.79. The Morgan fingerprint density at radius 1 is 1.38 bits per heavy atom. The monoisotopic (exact) mass is 262 g/mol. The zero-order valence-electron chi connectivity index (χ0n) is 9.07. The summed E-state index contributed by atoms with van der Waals surface area (Å²) in [5.41, 5.74) is 0.954. The van der Waals surface area contributed by atoms with Crippen LogP contribution in [0.25, 0.3) is 0 Å². The molecule has 0 spiro atoms. The van der Waals surface area contributed by atoms with Gasteiger partial charge in [-0.1, -0.05) is 0 Å². The van der Waals surface area contributed by atoms with E-state index in [4.69, 9.17) is 15.4 Å². The summed E-state index contributed by atoms with van der Waals surface area (Å²) < 4.78 is 21.0. The Labute approximate surface area is 100 Å². The highest BCUT2D eigenvalue weighted by Crippen LogP contribution is 2.29. The molecule has 0 aliphatic heterocycles. The van der Waals surface area contributed by atoms with Gasteiger partial charge in [0.15, 0.2) is 10.0 Å². The van der Waals surface area contributed by atoms with E-state index in [2.05, 4.69) is 4.74 Å². The summed E-state index contributed by atoms with van der Waals surface area (Å²) in [5.74, 6) is -0.278. The fraction of sp³-hybridized carbons (Fsp3) is 0.300. The van der Waals surface area contributed by atoms with Crippen molar-refractivity contribution in [1.82, 2.24) is 0 Å². The first kappa shape index (κ1) is 13.0. The molecule has 0 bridgehead atoms. The molecular formula is C10H11ClO4S. The van der Waals surface area contributed by atoms with Gasteiger partial charge in [0.1, 0.15) is 10.6 Å². The number of carbonyl (C=O) groups excluding carboxylic acids is 1. The van der Waals surface area contributed by atoms with Crippen molar-refractivity contribution in [2.45, 2.75) is 11.8 Å². The van der Waals surface area contributed by atoms with Gasteiger partial charge in [0, 0.05) is 0 Å². The van der Waals surface area contributed by atoms with E-state index in [0.717, 1.165) is 5.56 Å². The van der Waals surface area contributed by atoms with Crippen LogP contribution in [0, 0.1) is 6.92 Å². The highest BCUT2D eigenvalue weighted by Gasteiger charge is 2.21. The number of halogens is 1. The van der Waals surface area contributed by atoms with Gasteiger partial charge < -0.3 is 9.47 Å². The Hall–Kier alpha value is -1.07. The second-order valence-electron chi connectivity index (χ2n) is 3.06. The minimum Gasteiger partial charge on any atom is -0.495 e. The second-order valence-corrected chi connectivity index (χ2v) is 4.76. The molecule has 1 aromatic rings. The number of hydrogen-bond acceptors (Lipinski definition) is 4. The maximum absolute atomic E-state index is 11.5. The number of methoxy groups -OCH3 is 2. The number of rotatable bonds is 3. The molecule has 0 saturated heterocycles. The molecule has 0 radical (unpaired) electrons. The van der Waals surface area contributed by atoms with Crippen molar-refractivity contribution in [2.75, 3.05) is 14.2 Å². The van der Waals surface area contributed by atoms with E-state index in [1.165, 1.54) is 14.2 Å². The maximum atomic E-state index is 11.5. The molecule has 1 atom stereocenters. The number of carbonyl (C=O) groups is 1. The first-order chi connectivity index (χ1) is 7.51. The zero-order chi connectivity index (χ0) is 12.3. The predicted octanol–water partition coefficient (Wildman–Crippen LogP) is 2.05. The average Bonchev–Trinajstić information content (AvgIpc) is 2.26. The Bertz CT molecular complexity index is 445. The van der Waals surface area contributed by atoms with Crippen LogP contribution >= 0.6 is 10.7 Å². The van der Waals surface area contributed by atoms with Crippen molar-refractivity contribution >= 4 is 26.7 Å². The average molecular weight is 263 g/mol. The van der Waals surface area contributed by atoms with E-state index in [0.29, 0.717) is 5.75 Å². The van der Waals surface area contributed by atoms with E-state index < -0.39 is 16.0 Å². The van der Waals surface area contributed by atoms with Crippen LogP contribution in [0.2, 0.25) is 0 Å². The van der Waals surface area contributed by atoms with Crippen molar-refractivity contribution in [1.29, 1.82) is 0 Å². The van der Waals surface area contributed by atoms with E-state index in [1.54, 1.807) is 19.1 Å². The molecule has 0 fully saturated rings. The molecule has 1 unspecified atom stereocenters. The van der Waals surface area contributed by atoms with Gasteiger partial charge in [-0.2, -0.15) is 0 Å². The largest absolute Gasteiger partial charge is 0.495 e. The lowest BCUT2D eigenvalue weighted by molar-refractivity contribution is 0.0596. The quantitative estimate of drug-likeness (QED) is 0.618. The SMILES string of the molecule is COC(=O)c1cc(C)cc(OC)c1S(=O)Cl. The van der Waals surface area contributed by atoms with Crippen LogP contribution in [0.3, 0.4) is 0 Å². The number of ether oxygens (including phenoxy) is 2. The van der Waals surface area contributed by atoms with Crippen molar-refractivity contribution in [3.05, 3.63) is 23.3 Å². The lowest BCUT2D eigenvalue weighted by Crippen LogP contribution is -2.07. The van der Waals surface area contributed by atoms with E-state index in [-0.39, 0.29) is 10.5 Å². The molecule has 1 aromatic carbocycles. The van der Waals surface area contributed by atoms with Gasteiger partial charge in [0.25, 0.3) is 0 Å². The Morgan fingerprint density at radius 3 is 2.44 bits per heavy atom. The first-order valence-corrected chi connectivity index (χ1v) is 6.33. The Kier molecular flexibility index (Phi) is 4.32. The standard InChI is InChI=1S/C10H11ClO4S/c1-6-4-7(10(12)15-3)9(16(11)13)8(5-6)14-2/h4-5H,1-3H3. The zero-order valence-corrected chi connectivity index (χ0v) is 10.6. The summed E-state index contributed by atoms with van der Waals surface area (Å²) in [6, 6.07) is 3.21. The number of benzene rings is 1. The first-order valence-electron chi connectivity index (χ1n) is 4.36. The van der Waals surface area contributed by atoms with Gasteiger partial charge in [-0.15, -0.1) is 0 Å². The van der Waals surface area contributed by atoms with Crippen molar-refractivity contribution in [3.8, 4) is 5.75 Å². The summed E-state index contributed by atoms with van der Waals surface area (Å²) in [6.07, 6.45) is 0. The molecule has 1 rings (SSSR count). The van der Waals surface area contributed by atoms with Crippen LogP contribution < -0.4 is 4.74 Å². The topological polar surface area (TPSA) is 52.6 Å². The molecule has 0 heterocycles. The normalized spacial score (nSPS) is 12.0. The van der Waals surface area contributed by atoms with Gasteiger partial charge >= 0.3 is 5.97 Å². The maximum Gasteiger partial charge on any atom is 0.339 e. The molecule has 0 aromatic heterocycles. The summed E-state index contributed by atoms with van der Waals surface area (Å²) in [7, 11) is 6.36. The van der Waals surface area contributed by atoms with Gasteiger partial charge in [-0.25, -0.2) is 9.00 Å². The lowest BCUT2D eigenvalue weighted by Gasteiger charge is -2.10. The molecule has 0 saturated carbocycles. The van der Waals surface area contributed by atoms with Crippen molar-refractivity contribution in [3.63, 3.8) is 0 Å². The van der Waals surface area contributed by atoms with Crippen LogP contribution in [0.1, 0.15) is 15.9 Å². The molecular weight excluding hydrogens is 252 g/mol. The predicted molar refractivity (Wildman–Crippen MR) is 61.3 cm³/mol. The van der Waals surface area contributed by atoms with Crippen LogP contribution in [0.5, 0.6) is 5.75 Å². The molecule has 6 heteroatoms. The number of esters is 1. The minimum atomic E-state index is -1.84. The Balaban J connectivity index is 3.50. The van der Waals surface area contributed by atoms with Crippen LogP contribution in [-0.4, -0.2) is 24.4 Å². The van der Waals surface area contributed by atoms with Gasteiger partial charge in [-0.05, 0) is 35.3 Å². The summed E-state index contributed by atoms with van der Waals surface area (Å²) in [4.78, 5) is 11.6. The van der Waals surface area contributed by atoms with Gasteiger partial charge in [0.2, 0.25) is 0 Å². The second kappa shape index (κ2) is 5.32.